The van der Waals surface area contributed by atoms with E-state index in [9.17, 15) is 9.59 Å². The van der Waals surface area contributed by atoms with Crippen LogP contribution in [-0.2, 0) is 11.3 Å². The molecule has 33 heavy (non-hydrogen) atoms. The van der Waals surface area contributed by atoms with Crippen molar-refractivity contribution in [1.82, 2.24) is 9.55 Å². The molecule has 168 valence electrons. The third-order valence-corrected chi connectivity index (χ3v) is 7.52. The van der Waals surface area contributed by atoms with Crippen LogP contribution in [0.4, 0.5) is 5.69 Å². The molecule has 0 bridgehead atoms. The number of benzene rings is 2. The van der Waals surface area contributed by atoms with E-state index >= 15 is 0 Å². The fourth-order valence-corrected chi connectivity index (χ4v) is 5.43. The molecule has 0 saturated heterocycles. The molecule has 0 fully saturated rings. The lowest BCUT2D eigenvalue weighted by Crippen LogP contribution is -2.26. The molecule has 1 unspecified atom stereocenters. The first-order valence-corrected chi connectivity index (χ1v) is 12.4. The number of nitrogens with zero attached hydrogens (tertiary/aromatic N) is 2. The minimum absolute atomic E-state index is 0.138. The molecule has 0 spiro atoms. The lowest BCUT2D eigenvalue weighted by molar-refractivity contribution is -0.115. The third kappa shape index (κ3) is 4.90. The number of carbonyl (C=O) groups excluding carboxylic acids is 1. The van der Waals surface area contributed by atoms with Crippen molar-refractivity contribution in [1.29, 1.82) is 0 Å². The smallest absolute Gasteiger partial charge is 0.263 e. The highest BCUT2D eigenvalue weighted by atomic mass is 35.5. The first-order chi connectivity index (χ1) is 15.9. The zero-order valence-electron chi connectivity index (χ0n) is 18.2. The van der Waals surface area contributed by atoms with Crippen molar-refractivity contribution < 1.29 is 4.79 Å². The Hall–Kier alpha value is -2.87. The number of amides is 1. The second kappa shape index (κ2) is 9.95. The van der Waals surface area contributed by atoms with Gasteiger partial charge in [-0.15, -0.1) is 17.9 Å². The molecule has 5 nitrogen and oxygen atoms in total. The average molecular weight is 496 g/mol. The lowest BCUT2D eigenvalue weighted by atomic mass is 10.1. The number of halogens is 1. The number of allylic oxidation sites excluding steroid dienone is 1. The minimum Gasteiger partial charge on any atom is -0.325 e. The Morgan fingerprint density at radius 2 is 2.06 bits per heavy atom. The molecule has 0 saturated carbocycles. The predicted molar refractivity (Wildman–Crippen MR) is 140 cm³/mol. The van der Waals surface area contributed by atoms with Crippen LogP contribution in [0.5, 0.6) is 0 Å². The first kappa shape index (κ1) is 23.3. The molecule has 0 aliphatic heterocycles. The van der Waals surface area contributed by atoms with Crippen molar-refractivity contribution in [3.8, 4) is 11.1 Å². The molecule has 4 aromatic rings. The predicted octanol–water partition coefficient (Wildman–Crippen LogP) is 6.39. The number of anilines is 1. The number of thiophene rings is 1. The molecule has 0 radical (unpaired) electrons. The third-order valence-electron chi connectivity index (χ3n) is 5.15. The van der Waals surface area contributed by atoms with Crippen molar-refractivity contribution in [2.45, 2.75) is 30.8 Å². The summed E-state index contributed by atoms with van der Waals surface area (Å²) < 4.78 is 1.58. The monoisotopic (exact) mass is 495 g/mol. The van der Waals surface area contributed by atoms with Crippen LogP contribution in [0.1, 0.15) is 12.5 Å². The van der Waals surface area contributed by atoms with Gasteiger partial charge in [0.1, 0.15) is 4.83 Å². The Kier molecular flexibility index (Phi) is 7.02. The van der Waals surface area contributed by atoms with E-state index in [4.69, 9.17) is 16.6 Å². The van der Waals surface area contributed by atoms with Crippen LogP contribution in [0.25, 0.3) is 21.3 Å². The van der Waals surface area contributed by atoms with Gasteiger partial charge in [-0.2, -0.15) is 0 Å². The first-order valence-electron chi connectivity index (χ1n) is 10.3. The summed E-state index contributed by atoms with van der Waals surface area (Å²) >= 11 is 8.84. The molecule has 1 N–H and O–H groups in total. The topological polar surface area (TPSA) is 64.0 Å². The van der Waals surface area contributed by atoms with E-state index in [0.29, 0.717) is 32.6 Å². The number of carbonyl (C=O) groups is 1. The average Bonchev–Trinajstić information content (AvgIpc) is 3.23. The number of rotatable bonds is 7. The summed E-state index contributed by atoms with van der Waals surface area (Å²) in [6.45, 7) is 7.78. The highest BCUT2D eigenvalue weighted by Crippen LogP contribution is 2.33. The van der Waals surface area contributed by atoms with E-state index in [1.807, 2.05) is 54.8 Å². The van der Waals surface area contributed by atoms with Gasteiger partial charge in [0.15, 0.2) is 5.16 Å². The van der Waals surface area contributed by atoms with E-state index in [-0.39, 0.29) is 11.5 Å². The van der Waals surface area contributed by atoms with Crippen LogP contribution in [0, 0.1) is 6.92 Å². The maximum atomic E-state index is 13.5. The summed E-state index contributed by atoms with van der Waals surface area (Å²) in [6.07, 6.45) is 1.66. The van der Waals surface area contributed by atoms with Crippen LogP contribution in [0.2, 0.25) is 5.02 Å². The van der Waals surface area contributed by atoms with Gasteiger partial charge in [-0.05, 0) is 37.1 Å². The fraction of sp³-hybridized carbons (Fsp3) is 0.160. The molecule has 2 heterocycles. The number of aromatic nitrogens is 2. The number of thioether (sulfide) groups is 1. The van der Waals surface area contributed by atoms with Gasteiger partial charge in [0.2, 0.25) is 5.91 Å². The number of aryl methyl sites for hydroxylation is 1. The second-order valence-corrected chi connectivity index (χ2v) is 10.1. The standard InChI is InChI=1S/C25H22ClN3O2S2/c1-4-12-29-24(31)21-19(17-8-6-5-7-9-17)14-32-23(21)28-25(29)33-16(3)22(30)27-18-11-10-15(2)20(26)13-18/h4-11,13-14,16H,1,12H2,2-3H3,(H,27,30). The van der Waals surface area contributed by atoms with Crippen LogP contribution in [0.3, 0.4) is 0 Å². The molecule has 4 rings (SSSR count). The van der Waals surface area contributed by atoms with Gasteiger partial charge in [0, 0.05) is 28.2 Å². The Morgan fingerprint density at radius 1 is 1.30 bits per heavy atom. The van der Waals surface area contributed by atoms with Crippen molar-refractivity contribution in [2.75, 3.05) is 5.32 Å². The molecular formula is C25H22ClN3O2S2. The summed E-state index contributed by atoms with van der Waals surface area (Å²) in [5, 5.41) is 6.01. The summed E-state index contributed by atoms with van der Waals surface area (Å²) in [4.78, 5) is 31.7. The Balaban J connectivity index is 1.66. The molecular weight excluding hydrogens is 474 g/mol. The molecule has 0 aliphatic carbocycles. The maximum absolute atomic E-state index is 13.5. The van der Waals surface area contributed by atoms with E-state index in [0.717, 1.165) is 16.7 Å². The molecule has 2 aromatic carbocycles. The Labute approximate surface area is 205 Å². The molecule has 8 heteroatoms. The fourth-order valence-electron chi connectivity index (χ4n) is 3.34. The zero-order chi connectivity index (χ0) is 23.5. The Morgan fingerprint density at radius 3 is 2.76 bits per heavy atom. The van der Waals surface area contributed by atoms with Gasteiger partial charge in [-0.1, -0.05) is 65.8 Å². The van der Waals surface area contributed by atoms with Gasteiger partial charge in [0.05, 0.1) is 10.6 Å². The van der Waals surface area contributed by atoms with Crippen LogP contribution >= 0.6 is 34.7 Å². The summed E-state index contributed by atoms with van der Waals surface area (Å²) in [6, 6.07) is 15.2. The van der Waals surface area contributed by atoms with E-state index in [2.05, 4.69) is 11.9 Å². The summed E-state index contributed by atoms with van der Waals surface area (Å²) in [5.74, 6) is -0.199. The highest BCUT2D eigenvalue weighted by Gasteiger charge is 2.21. The molecule has 0 aliphatic rings. The van der Waals surface area contributed by atoms with Crippen LogP contribution in [0.15, 0.2) is 76.5 Å². The summed E-state index contributed by atoms with van der Waals surface area (Å²) in [7, 11) is 0. The summed E-state index contributed by atoms with van der Waals surface area (Å²) in [5.41, 5.74) is 3.26. The number of hydrogen-bond donors (Lipinski definition) is 1. The van der Waals surface area contributed by atoms with Crippen molar-refractivity contribution in [3.63, 3.8) is 0 Å². The molecule has 1 atom stereocenters. The maximum Gasteiger partial charge on any atom is 0.263 e. The van der Waals surface area contributed by atoms with Gasteiger partial charge >= 0.3 is 0 Å². The normalized spacial score (nSPS) is 12.0. The SMILES string of the molecule is C=CCn1c(SC(C)C(=O)Nc2ccc(C)c(Cl)c2)nc2scc(-c3ccccc3)c2c1=O. The van der Waals surface area contributed by atoms with Gasteiger partial charge in [0.25, 0.3) is 5.56 Å². The Bertz CT molecular complexity index is 1400. The van der Waals surface area contributed by atoms with Gasteiger partial charge in [-0.25, -0.2) is 4.98 Å². The lowest BCUT2D eigenvalue weighted by Gasteiger charge is -2.15. The van der Waals surface area contributed by atoms with Crippen molar-refractivity contribution in [3.05, 3.63) is 87.5 Å². The van der Waals surface area contributed by atoms with Crippen LogP contribution < -0.4 is 10.9 Å². The molecule has 1 amide bonds. The number of nitrogens with one attached hydrogen (secondary N) is 1. The van der Waals surface area contributed by atoms with E-state index in [1.165, 1.54) is 23.1 Å². The quantitative estimate of drug-likeness (QED) is 0.183. The van der Waals surface area contributed by atoms with Crippen molar-refractivity contribution >= 4 is 56.5 Å². The largest absolute Gasteiger partial charge is 0.325 e. The number of hydrogen-bond acceptors (Lipinski definition) is 5. The zero-order valence-corrected chi connectivity index (χ0v) is 20.6. The second-order valence-electron chi connectivity index (χ2n) is 7.51. The van der Waals surface area contributed by atoms with Gasteiger partial charge < -0.3 is 5.32 Å². The van der Waals surface area contributed by atoms with E-state index in [1.54, 1.807) is 23.6 Å². The number of fused-ring (bicyclic) bond motifs is 1. The van der Waals surface area contributed by atoms with Crippen LogP contribution in [-0.4, -0.2) is 20.7 Å². The van der Waals surface area contributed by atoms with E-state index < -0.39 is 5.25 Å². The van der Waals surface area contributed by atoms with Crippen molar-refractivity contribution in [2.24, 2.45) is 0 Å². The minimum atomic E-state index is -0.487. The molecule has 2 aromatic heterocycles. The highest BCUT2D eigenvalue weighted by molar-refractivity contribution is 8.00. The van der Waals surface area contributed by atoms with Gasteiger partial charge in [-0.3, -0.25) is 14.2 Å².